The largest absolute Gasteiger partial charge is 0.453 e. The first-order chi connectivity index (χ1) is 12.2. The molecule has 1 saturated heterocycles. The topological polar surface area (TPSA) is 47.6 Å². The lowest BCUT2D eigenvalue weighted by molar-refractivity contribution is -0.131. The fourth-order valence-electron chi connectivity index (χ4n) is 3.14. The highest BCUT2D eigenvalue weighted by atomic mass is 16.6. The summed E-state index contributed by atoms with van der Waals surface area (Å²) in [6.45, 7) is 2.53. The van der Waals surface area contributed by atoms with E-state index in [1.165, 1.54) is 38.2 Å². The zero-order valence-electron chi connectivity index (χ0n) is 14.7. The molecule has 3 rings (SSSR count). The molecule has 4 heteroatoms. The maximum absolute atomic E-state index is 11.2. The minimum absolute atomic E-state index is 0.359. The number of carbonyl (C=O) groups is 1. The average molecular weight is 339 g/mol. The number of hydrogen-bond donors (Lipinski definition) is 1. The van der Waals surface area contributed by atoms with E-state index in [1.807, 2.05) is 24.3 Å². The van der Waals surface area contributed by atoms with Gasteiger partial charge in [-0.3, -0.25) is 4.79 Å². The molecule has 0 bridgehead atoms. The van der Waals surface area contributed by atoms with Gasteiger partial charge in [-0.1, -0.05) is 30.7 Å². The van der Waals surface area contributed by atoms with Gasteiger partial charge in [-0.05, 0) is 62.1 Å². The van der Waals surface area contributed by atoms with E-state index < -0.39 is 0 Å². The van der Waals surface area contributed by atoms with Gasteiger partial charge < -0.3 is 14.8 Å². The third kappa shape index (κ3) is 5.33. The van der Waals surface area contributed by atoms with Gasteiger partial charge in [0.1, 0.15) is 5.75 Å². The molecule has 1 aliphatic rings. The molecule has 1 fully saturated rings. The molecule has 0 radical (unpaired) electrons. The number of piperidine rings is 1. The second-order valence-corrected chi connectivity index (χ2v) is 6.47. The summed E-state index contributed by atoms with van der Waals surface area (Å²) in [6, 6.07) is 16.0. The Bertz CT molecular complexity index is 691. The highest BCUT2D eigenvalue weighted by molar-refractivity contribution is 5.70. The van der Waals surface area contributed by atoms with Gasteiger partial charge in [0.05, 0.1) is 0 Å². The Kier molecular flexibility index (Phi) is 6.07. The zero-order valence-corrected chi connectivity index (χ0v) is 14.7. The minimum Gasteiger partial charge on any atom is -0.453 e. The summed E-state index contributed by atoms with van der Waals surface area (Å²) < 4.78 is 11.0. The van der Waals surface area contributed by atoms with E-state index >= 15 is 0 Å². The lowest BCUT2D eigenvalue weighted by atomic mass is 9.98. The van der Waals surface area contributed by atoms with E-state index in [-0.39, 0.29) is 5.97 Å². The summed E-state index contributed by atoms with van der Waals surface area (Å²) in [5.74, 6) is 1.35. The van der Waals surface area contributed by atoms with Crippen molar-refractivity contribution in [2.75, 3.05) is 6.54 Å². The molecular formula is C21H25NO3. The second kappa shape index (κ2) is 8.67. The molecule has 0 aliphatic carbocycles. The first-order valence-corrected chi connectivity index (χ1v) is 8.98. The van der Waals surface area contributed by atoms with Crippen molar-refractivity contribution in [3.8, 4) is 17.2 Å². The number of rotatable bonds is 6. The molecule has 0 aromatic heterocycles. The molecule has 4 nitrogen and oxygen atoms in total. The summed E-state index contributed by atoms with van der Waals surface area (Å²) >= 11 is 0. The first kappa shape index (κ1) is 17.5. The monoisotopic (exact) mass is 339 g/mol. The number of esters is 1. The normalized spacial score (nSPS) is 17.1. The quantitative estimate of drug-likeness (QED) is 0.623. The van der Waals surface area contributed by atoms with Gasteiger partial charge in [0, 0.05) is 13.0 Å². The van der Waals surface area contributed by atoms with Crippen molar-refractivity contribution in [3.63, 3.8) is 0 Å². The van der Waals surface area contributed by atoms with Crippen molar-refractivity contribution in [1.82, 2.24) is 5.32 Å². The molecule has 1 N–H and O–H groups in total. The smallest absolute Gasteiger partial charge is 0.308 e. The van der Waals surface area contributed by atoms with Crippen molar-refractivity contribution in [1.29, 1.82) is 0 Å². The third-order valence-corrected chi connectivity index (χ3v) is 4.45. The van der Waals surface area contributed by atoms with E-state index in [0.717, 1.165) is 18.7 Å². The van der Waals surface area contributed by atoms with Crippen LogP contribution in [0.25, 0.3) is 0 Å². The van der Waals surface area contributed by atoms with E-state index in [9.17, 15) is 4.79 Å². The highest BCUT2D eigenvalue weighted by Crippen LogP contribution is 2.31. The van der Waals surface area contributed by atoms with Crippen molar-refractivity contribution in [2.24, 2.45) is 0 Å². The van der Waals surface area contributed by atoms with Gasteiger partial charge in [0.15, 0.2) is 11.5 Å². The lowest BCUT2D eigenvalue weighted by Gasteiger charge is -2.23. The maximum atomic E-state index is 11.2. The average Bonchev–Trinajstić information content (AvgIpc) is 2.63. The lowest BCUT2D eigenvalue weighted by Crippen LogP contribution is -2.34. The van der Waals surface area contributed by atoms with Gasteiger partial charge in [-0.15, -0.1) is 0 Å². The van der Waals surface area contributed by atoms with Gasteiger partial charge in [0.2, 0.25) is 0 Å². The van der Waals surface area contributed by atoms with Gasteiger partial charge in [0.25, 0.3) is 0 Å². The van der Waals surface area contributed by atoms with Crippen LogP contribution in [0, 0.1) is 0 Å². The summed E-state index contributed by atoms with van der Waals surface area (Å²) in [5, 5.41) is 3.59. The Balaban J connectivity index is 1.58. The summed E-state index contributed by atoms with van der Waals surface area (Å²) in [5.41, 5.74) is 1.31. The second-order valence-electron chi connectivity index (χ2n) is 6.47. The first-order valence-electron chi connectivity index (χ1n) is 8.98. The van der Waals surface area contributed by atoms with Gasteiger partial charge in [-0.2, -0.15) is 0 Å². The van der Waals surface area contributed by atoms with Gasteiger partial charge in [-0.25, -0.2) is 0 Å². The van der Waals surface area contributed by atoms with E-state index in [4.69, 9.17) is 9.47 Å². The van der Waals surface area contributed by atoms with Crippen LogP contribution in [0.15, 0.2) is 48.5 Å². The molecule has 2 aromatic rings. The van der Waals surface area contributed by atoms with Crippen molar-refractivity contribution in [2.45, 2.75) is 45.1 Å². The number of carbonyl (C=O) groups excluding carboxylic acids is 1. The molecule has 0 amide bonds. The Labute approximate surface area is 149 Å². The van der Waals surface area contributed by atoms with Crippen LogP contribution < -0.4 is 14.8 Å². The Hall–Kier alpha value is -2.33. The summed E-state index contributed by atoms with van der Waals surface area (Å²) in [7, 11) is 0. The van der Waals surface area contributed by atoms with Crippen LogP contribution in [0.2, 0.25) is 0 Å². The minimum atomic E-state index is -0.359. The Morgan fingerprint density at radius 2 is 1.84 bits per heavy atom. The number of aryl methyl sites for hydroxylation is 1. The number of hydrogen-bond acceptors (Lipinski definition) is 4. The molecule has 25 heavy (non-hydrogen) atoms. The zero-order chi connectivity index (χ0) is 17.5. The molecule has 0 saturated carbocycles. The molecule has 1 aliphatic heterocycles. The third-order valence-electron chi connectivity index (χ3n) is 4.45. The number of ether oxygens (including phenoxy) is 2. The van der Waals surface area contributed by atoms with Gasteiger partial charge >= 0.3 is 5.97 Å². The number of nitrogens with one attached hydrogen (secondary N) is 1. The molecule has 1 heterocycles. The van der Waals surface area contributed by atoms with Crippen LogP contribution >= 0.6 is 0 Å². The predicted molar refractivity (Wildman–Crippen MR) is 98.2 cm³/mol. The van der Waals surface area contributed by atoms with E-state index in [2.05, 4.69) is 17.4 Å². The molecular weight excluding hydrogens is 314 g/mol. The van der Waals surface area contributed by atoms with Crippen LogP contribution in [0.1, 0.15) is 38.2 Å². The summed E-state index contributed by atoms with van der Waals surface area (Å²) in [6.07, 6.45) is 6.18. The van der Waals surface area contributed by atoms with Crippen LogP contribution in [0.4, 0.5) is 0 Å². The van der Waals surface area contributed by atoms with Crippen molar-refractivity contribution in [3.05, 3.63) is 54.1 Å². The molecule has 1 atom stereocenters. The predicted octanol–water partition coefficient (Wildman–Crippen LogP) is 4.48. The Morgan fingerprint density at radius 3 is 2.52 bits per heavy atom. The van der Waals surface area contributed by atoms with Crippen molar-refractivity contribution < 1.29 is 14.3 Å². The molecule has 1 unspecified atom stereocenters. The number of benzene rings is 2. The molecule has 2 aromatic carbocycles. The van der Waals surface area contributed by atoms with E-state index in [0.29, 0.717) is 17.5 Å². The van der Waals surface area contributed by atoms with Crippen LogP contribution in [0.5, 0.6) is 17.2 Å². The fourth-order valence-corrected chi connectivity index (χ4v) is 3.14. The van der Waals surface area contributed by atoms with E-state index in [1.54, 1.807) is 12.1 Å². The van der Waals surface area contributed by atoms with Crippen LogP contribution in [-0.2, 0) is 11.2 Å². The maximum Gasteiger partial charge on any atom is 0.308 e. The van der Waals surface area contributed by atoms with Crippen molar-refractivity contribution >= 4 is 5.97 Å². The molecule has 0 spiro atoms. The summed E-state index contributed by atoms with van der Waals surface area (Å²) in [4.78, 5) is 11.2. The SMILES string of the molecule is CC(=O)Oc1ccccc1Oc1ccc(CCC2CCCCN2)cc1. The molecule has 132 valence electrons. The van der Waals surface area contributed by atoms with Crippen LogP contribution in [0.3, 0.4) is 0 Å². The fraction of sp³-hybridized carbons (Fsp3) is 0.381. The standard InChI is InChI=1S/C21H25NO3/c1-16(23)24-20-7-2-3-8-21(20)25-19-13-10-17(11-14-19)9-12-18-6-4-5-15-22-18/h2-3,7-8,10-11,13-14,18,22H,4-6,9,12,15H2,1H3. The number of para-hydroxylation sites is 2. The Morgan fingerprint density at radius 1 is 1.08 bits per heavy atom. The van der Waals surface area contributed by atoms with Crippen LogP contribution in [-0.4, -0.2) is 18.6 Å². The highest BCUT2D eigenvalue weighted by Gasteiger charge is 2.12.